The molecule has 1 aliphatic carbocycles. The third kappa shape index (κ3) is 2.39. The minimum absolute atomic E-state index is 0.0174. The first kappa shape index (κ1) is 19.1. The summed E-state index contributed by atoms with van der Waals surface area (Å²) >= 11 is 0. The van der Waals surface area contributed by atoms with Gasteiger partial charge in [-0.15, -0.1) is 0 Å². The number of hydrogen-bond acceptors (Lipinski definition) is 1. The molecular weight excluding hydrogens is 426 g/mol. The molecule has 166 valence electrons. The van der Waals surface area contributed by atoms with Crippen LogP contribution in [0.25, 0.3) is 60.6 Å². The van der Waals surface area contributed by atoms with Crippen molar-refractivity contribution in [3.8, 4) is 16.8 Å². The zero-order valence-corrected chi connectivity index (χ0v) is 19.7. The number of aromatic nitrogens is 1. The summed E-state index contributed by atoms with van der Waals surface area (Å²) in [7, 11) is 0. The quantitative estimate of drug-likeness (QED) is 0.244. The molecule has 2 heteroatoms. The molecule has 0 spiro atoms. The fraction of sp³-hybridized carbons (Fsp3) is 0.0909. The standard InChI is InChI=1S/C33H23NO/c1-33(2)27-12-6-3-9-21(27)25-19-30-26(18-28(25)33)22-10-4-7-13-29(22)34(30)20-15-16-24-23-11-5-8-14-31(23)35-32(24)17-20/h3-19H,1-2H3. The molecule has 0 unspecified atom stereocenters. The zero-order chi connectivity index (χ0) is 23.3. The summed E-state index contributed by atoms with van der Waals surface area (Å²) in [6.07, 6.45) is 0. The van der Waals surface area contributed by atoms with Crippen molar-refractivity contribution >= 4 is 43.7 Å². The second-order valence-corrected chi connectivity index (χ2v) is 10.2. The summed E-state index contributed by atoms with van der Waals surface area (Å²) in [5, 5.41) is 4.89. The largest absolute Gasteiger partial charge is 0.456 e. The number of nitrogens with zero attached hydrogens (tertiary/aromatic N) is 1. The van der Waals surface area contributed by atoms with E-state index < -0.39 is 0 Å². The van der Waals surface area contributed by atoms with E-state index in [9.17, 15) is 0 Å². The molecule has 7 aromatic rings. The third-order valence-electron chi connectivity index (χ3n) is 8.00. The van der Waals surface area contributed by atoms with E-state index in [0.29, 0.717) is 0 Å². The summed E-state index contributed by atoms with van der Waals surface area (Å²) in [5.74, 6) is 0. The van der Waals surface area contributed by atoms with Crippen LogP contribution in [0.3, 0.4) is 0 Å². The molecule has 35 heavy (non-hydrogen) atoms. The lowest BCUT2D eigenvalue weighted by Crippen LogP contribution is -2.14. The first-order valence-electron chi connectivity index (χ1n) is 12.2. The highest BCUT2D eigenvalue weighted by Gasteiger charge is 2.36. The van der Waals surface area contributed by atoms with E-state index in [1.807, 2.05) is 12.1 Å². The minimum Gasteiger partial charge on any atom is -0.456 e. The van der Waals surface area contributed by atoms with Crippen LogP contribution in [-0.4, -0.2) is 4.57 Å². The average Bonchev–Trinajstić information content (AvgIpc) is 3.49. The lowest BCUT2D eigenvalue weighted by atomic mass is 9.82. The fourth-order valence-corrected chi connectivity index (χ4v) is 6.29. The molecule has 0 N–H and O–H groups in total. The van der Waals surface area contributed by atoms with Gasteiger partial charge in [-0.1, -0.05) is 74.5 Å². The zero-order valence-electron chi connectivity index (χ0n) is 19.7. The maximum atomic E-state index is 6.25. The normalized spacial score (nSPS) is 14.2. The maximum Gasteiger partial charge on any atom is 0.137 e. The lowest BCUT2D eigenvalue weighted by Gasteiger charge is -2.21. The van der Waals surface area contributed by atoms with Crippen molar-refractivity contribution in [3.63, 3.8) is 0 Å². The van der Waals surface area contributed by atoms with E-state index in [1.165, 1.54) is 44.1 Å². The molecule has 0 saturated heterocycles. The molecule has 5 aromatic carbocycles. The van der Waals surface area contributed by atoms with Crippen LogP contribution in [-0.2, 0) is 5.41 Å². The predicted molar refractivity (Wildman–Crippen MR) is 146 cm³/mol. The van der Waals surface area contributed by atoms with Crippen molar-refractivity contribution in [1.82, 2.24) is 4.57 Å². The van der Waals surface area contributed by atoms with Gasteiger partial charge in [-0.05, 0) is 58.7 Å². The van der Waals surface area contributed by atoms with E-state index in [4.69, 9.17) is 4.42 Å². The van der Waals surface area contributed by atoms with E-state index in [0.717, 1.165) is 27.6 Å². The van der Waals surface area contributed by atoms with Crippen molar-refractivity contribution in [2.45, 2.75) is 19.3 Å². The van der Waals surface area contributed by atoms with E-state index in [2.05, 4.69) is 109 Å². The minimum atomic E-state index is -0.0174. The summed E-state index contributed by atoms with van der Waals surface area (Å²) in [6, 6.07) is 37.3. The van der Waals surface area contributed by atoms with Crippen molar-refractivity contribution in [3.05, 3.63) is 114 Å². The Morgan fingerprint density at radius 1 is 0.543 bits per heavy atom. The van der Waals surface area contributed by atoms with Crippen molar-refractivity contribution in [2.75, 3.05) is 0 Å². The SMILES string of the molecule is CC1(C)c2ccccc2-c2cc3c(cc21)c1ccccc1n3-c1ccc2c(c1)oc1ccccc12. The van der Waals surface area contributed by atoms with Gasteiger partial charge in [-0.25, -0.2) is 0 Å². The van der Waals surface area contributed by atoms with Gasteiger partial charge in [0, 0.05) is 38.7 Å². The third-order valence-corrected chi connectivity index (χ3v) is 8.00. The highest BCUT2D eigenvalue weighted by atomic mass is 16.3. The molecule has 2 aromatic heterocycles. The van der Waals surface area contributed by atoms with Gasteiger partial charge in [0.2, 0.25) is 0 Å². The summed E-state index contributed by atoms with van der Waals surface area (Å²) in [6.45, 7) is 4.69. The Morgan fingerprint density at radius 3 is 2.20 bits per heavy atom. The van der Waals surface area contributed by atoms with Crippen molar-refractivity contribution in [1.29, 1.82) is 0 Å². The number of fused-ring (bicyclic) bond motifs is 9. The van der Waals surface area contributed by atoms with Crippen LogP contribution >= 0.6 is 0 Å². The number of hydrogen-bond donors (Lipinski definition) is 0. The van der Waals surface area contributed by atoms with Crippen LogP contribution in [0, 0.1) is 0 Å². The molecule has 0 fully saturated rings. The molecule has 0 atom stereocenters. The maximum absolute atomic E-state index is 6.25. The molecule has 0 radical (unpaired) electrons. The van der Waals surface area contributed by atoms with Crippen molar-refractivity contribution in [2.24, 2.45) is 0 Å². The Hall–Kier alpha value is -4.30. The van der Waals surface area contributed by atoms with Gasteiger partial charge in [0.25, 0.3) is 0 Å². The summed E-state index contributed by atoms with van der Waals surface area (Å²) in [5.41, 5.74) is 10.9. The van der Waals surface area contributed by atoms with Gasteiger partial charge in [0.1, 0.15) is 11.2 Å². The number of para-hydroxylation sites is 2. The lowest BCUT2D eigenvalue weighted by molar-refractivity contribution is 0.661. The topological polar surface area (TPSA) is 18.1 Å². The fourth-order valence-electron chi connectivity index (χ4n) is 6.29. The van der Waals surface area contributed by atoms with E-state index in [1.54, 1.807) is 0 Å². The van der Waals surface area contributed by atoms with Gasteiger partial charge in [0.15, 0.2) is 0 Å². The second kappa shape index (κ2) is 6.43. The summed E-state index contributed by atoms with van der Waals surface area (Å²) < 4.78 is 8.64. The Bertz CT molecular complexity index is 1980. The molecule has 2 heterocycles. The summed E-state index contributed by atoms with van der Waals surface area (Å²) in [4.78, 5) is 0. The van der Waals surface area contributed by atoms with Crippen molar-refractivity contribution < 1.29 is 4.42 Å². The molecule has 0 aliphatic heterocycles. The smallest absolute Gasteiger partial charge is 0.137 e. The van der Waals surface area contributed by atoms with Gasteiger partial charge in [-0.2, -0.15) is 0 Å². The molecular formula is C33H23NO. The second-order valence-electron chi connectivity index (χ2n) is 10.2. The molecule has 0 bridgehead atoms. The average molecular weight is 450 g/mol. The monoisotopic (exact) mass is 449 g/mol. The van der Waals surface area contributed by atoms with Gasteiger partial charge >= 0.3 is 0 Å². The first-order valence-corrected chi connectivity index (χ1v) is 12.2. The van der Waals surface area contributed by atoms with Gasteiger partial charge in [-0.3, -0.25) is 0 Å². The molecule has 0 saturated carbocycles. The molecule has 8 rings (SSSR count). The van der Waals surface area contributed by atoms with Gasteiger partial charge in [0.05, 0.1) is 11.0 Å². The molecule has 2 nitrogen and oxygen atoms in total. The van der Waals surface area contributed by atoms with E-state index in [-0.39, 0.29) is 5.41 Å². The molecule has 0 amide bonds. The van der Waals surface area contributed by atoms with Crippen LogP contribution in [0.4, 0.5) is 0 Å². The van der Waals surface area contributed by atoms with E-state index >= 15 is 0 Å². The number of rotatable bonds is 1. The molecule has 1 aliphatic rings. The Labute approximate surface area is 203 Å². The highest BCUT2D eigenvalue weighted by molar-refractivity contribution is 6.12. The Balaban J connectivity index is 1.48. The van der Waals surface area contributed by atoms with Crippen LogP contribution < -0.4 is 0 Å². The number of benzene rings is 5. The van der Waals surface area contributed by atoms with Gasteiger partial charge < -0.3 is 8.98 Å². The first-order chi connectivity index (χ1) is 17.1. The van der Waals surface area contributed by atoms with Crippen LogP contribution in [0.2, 0.25) is 0 Å². The Morgan fingerprint density at radius 2 is 1.29 bits per heavy atom. The number of furan rings is 1. The predicted octanol–water partition coefficient (Wildman–Crippen LogP) is 8.99. The van der Waals surface area contributed by atoms with Crippen LogP contribution in [0.1, 0.15) is 25.0 Å². The highest BCUT2D eigenvalue weighted by Crippen LogP contribution is 2.51. The van der Waals surface area contributed by atoms with Crippen LogP contribution in [0.5, 0.6) is 0 Å². The Kier molecular flexibility index (Phi) is 3.50. The van der Waals surface area contributed by atoms with Crippen LogP contribution in [0.15, 0.2) is 108 Å².